The Kier molecular flexibility index (Phi) is 7.01. The van der Waals surface area contributed by atoms with Crippen molar-refractivity contribution in [3.63, 3.8) is 0 Å². The zero-order chi connectivity index (χ0) is 38.6. The van der Waals surface area contributed by atoms with E-state index in [2.05, 4.69) is 180 Å². The number of nitrogens with zero attached hydrogens (tertiary/aromatic N) is 3. The van der Waals surface area contributed by atoms with Crippen LogP contribution in [0.2, 0.25) is 0 Å². The number of furan rings is 1. The number of pyridine rings is 1. The predicted octanol–water partition coefficient (Wildman–Crippen LogP) is 12.5. The molecule has 5 heterocycles. The second-order valence-electron chi connectivity index (χ2n) is 15.5. The summed E-state index contributed by atoms with van der Waals surface area (Å²) < 4.78 is 6.19. The average Bonchev–Trinajstić information content (AvgIpc) is 3.68. The quantitative estimate of drug-likeness (QED) is 0.163. The van der Waals surface area contributed by atoms with Gasteiger partial charge in [0, 0.05) is 66.4 Å². The van der Waals surface area contributed by atoms with Crippen molar-refractivity contribution in [1.29, 1.82) is 0 Å². The van der Waals surface area contributed by atoms with Gasteiger partial charge in [0.2, 0.25) is 0 Å². The second kappa shape index (κ2) is 12.6. The first kappa shape index (κ1) is 32.8. The largest absolute Gasteiger partial charge is 0.456 e. The van der Waals surface area contributed by atoms with Crippen LogP contribution in [0.5, 0.6) is 0 Å². The average molecular weight is 770 g/mol. The molecule has 6 heteroatoms. The fourth-order valence-corrected chi connectivity index (χ4v) is 11.1. The summed E-state index contributed by atoms with van der Waals surface area (Å²) in [5.74, 6) is 0. The van der Waals surface area contributed by atoms with Gasteiger partial charge in [-0.3, -0.25) is 4.98 Å². The maximum atomic E-state index is 6.19. The first-order valence-electron chi connectivity index (χ1n) is 20.1. The van der Waals surface area contributed by atoms with E-state index in [9.17, 15) is 0 Å². The maximum Gasteiger partial charge on any atom is 0.255 e. The molecule has 0 atom stereocenters. The van der Waals surface area contributed by atoms with Gasteiger partial charge in [-0.15, -0.1) is 0 Å². The third-order valence-corrected chi connectivity index (χ3v) is 13.5. The van der Waals surface area contributed by atoms with Gasteiger partial charge in [0.15, 0.2) is 0 Å². The summed E-state index contributed by atoms with van der Waals surface area (Å²) in [6.45, 7) is 0.0637. The molecule has 0 aliphatic carbocycles. The van der Waals surface area contributed by atoms with Crippen LogP contribution in [0.4, 0.5) is 34.1 Å². The van der Waals surface area contributed by atoms with Gasteiger partial charge in [0.1, 0.15) is 11.2 Å². The molecular weight excluding hydrogens is 737 g/mol. The lowest BCUT2D eigenvalue weighted by atomic mass is 9.33. The monoisotopic (exact) mass is 769 g/mol. The second-order valence-corrected chi connectivity index (χ2v) is 16.5. The molecule has 0 radical (unpaired) electrons. The molecule has 4 nitrogen and oxygen atoms in total. The van der Waals surface area contributed by atoms with E-state index >= 15 is 0 Å². The topological polar surface area (TPSA) is 32.5 Å². The molecule has 2 aromatic heterocycles. The van der Waals surface area contributed by atoms with E-state index in [0.29, 0.717) is 0 Å². The molecule has 274 valence electrons. The highest BCUT2D eigenvalue weighted by Gasteiger charge is 2.48. The summed E-state index contributed by atoms with van der Waals surface area (Å²) in [7, 11) is 0. The van der Waals surface area contributed by atoms with E-state index in [1.54, 1.807) is 0 Å². The minimum absolute atomic E-state index is 0.0637. The Morgan fingerprint density at radius 3 is 2.00 bits per heavy atom. The lowest BCUT2D eigenvalue weighted by Crippen LogP contribution is -2.63. The van der Waals surface area contributed by atoms with Crippen LogP contribution < -0.4 is 26.2 Å². The molecule has 0 amide bonds. The minimum atomic E-state index is 0.0637. The van der Waals surface area contributed by atoms with Gasteiger partial charge in [0.05, 0.1) is 5.69 Å². The summed E-state index contributed by atoms with van der Waals surface area (Å²) in [5.41, 5.74) is 19.9. The smallest absolute Gasteiger partial charge is 0.255 e. The predicted molar refractivity (Wildman–Crippen MR) is 246 cm³/mol. The van der Waals surface area contributed by atoms with Crippen LogP contribution in [0.15, 0.2) is 208 Å². The Morgan fingerprint density at radius 1 is 0.441 bits per heavy atom. The van der Waals surface area contributed by atoms with Crippen molar-refractivity contribution in [1.82, 2.24) is 4.98 Å². The fraction of sp³-hybridized carbons (Fsp3) is 0. The lowest BCUT2D eigenvalue weighted by molar-refractivity contribution is 0.669. The van der Waals surface area contributed by atoms with Crippen molar-refractivity contribution in [2.45, 2.75) is 9.79 Å². The molecule has 59 heavy (non-hydrogen) atoms. The molecular formula is C53H32BN3OS. The zero-order valence-electron chi connectivity index (χ0n) is 31.7. The maximum absolute atomic E-state index is 6.19. The van der Waals surface area contributed by atoms with Crippen LogP contribution >= 0.6 is 11.8 Å². The summed E-state index contributed by atoms with van der Waals surface area (Å²) in [6.07, 6.45) is 1.87. The Morgan fingerprint density at radius 2 is 1.12 bits per heavy atom. The van der Waals surface area contributed by atoms with Crippen LogP contribution in [0.25, 0.3) is 55.4 Å². The molecule has 0 saturated carbocycles. The van der Waals surface area contributed by atoms with Crippen molar-refractivity contribution in [3.05, 3.63) is 194 Å². The summed E-state index contributed by atoms with van der Waals surface area (Å²) >= 11 is 1.91. The van der Waals surface area contributed by atoms with Crippen molar-refractivity contribution < 1.29 is 4.42 Å². The number of benzene rings is 8. The standard InChI is InChI=1S/C53H32BN3OS/c1-2-15-37(16-3-1)56-43-20-10-21-44-50(43)54-51-45(57(44)38-17-9-14-36(31-38)42-19-6-7-29-55-42)22-11-24-49(51)59-53-39(26-27-46(56)52(53)54)35-13-8-12-33(30-35)34-25-28-48-41(32-34)40-18-4-5-23-47(40)58-48/h1-32H. The van der Waals surface area contributed by atoms with Gasteiger partial charge < -0.3 is 14.2 Å². The molecule has 10 aromatic rings. The van der Waals surface area contributed by atoms with Gasteiger partial charge in [-0.05, 0) is 130 Å². The summed E-state index contributed by atoms with van der Waals surface area (Å²) in [5, 5.41) is 2.28. The highest BCUT2D eigenvalue weighted by atomic mass is 32.2. The molecule has 0 unspecified atom stereocenters. The Bertz CT molecular complexity index is 3340. The van der Waals surface area contributed by atoms with Gasteiger partial charge in [-0.2, -0.15) is 0 Å². The van der Waals surface area contributed by atoms with Gasteiger partial charge in [-0.25, -0.2) is 0 Å². The van der Waals surface area contributed by atoms with Crippen LogP contribution in [0, 0.1) is 0 Å². The van der Waals surface area contributed by atoms with Gasteiger partial charge >= 0.3 is 0 Å². The molecule has 13 rings (SSSR count). The number of fused-ring (bicyclic) bond motifs is 3. The number of para-hydroxylation sites is 2. The molecule has 8 aromatic carbocycles. The Balaban J connectivity index is 1.02. The number of rotatable bonds is 5. The van der Waals surface area contributed by atoms with Crippen LogP contribution in [-0.2, 0) is 0 Å². The Hall–Kier alpha value is -7.28. The van der Waals surface area contributed by atoms with Crippen molar-refractivity contribution in [3.8, 4) is 33.5 Å². The van der Waals surface area contributed by atoms with Crippen molar-refractivity contribution in [2.24, 2.45) is 0 Å². The van der Waals surface area contributed by atoms with Gasteiger partial charge in [0.25, 0.3) is 6.71 Å². The molecule has 3 aliphatic rings. The van der Waals surface area contributed by atoms with E-state index < -0.39 is 0 Å². The summed E-state index contributed by atoms with van der Waals surface area (Å²) in [6, 6.07) is 68.1. The van der Waals surface area contributed by atoms with Crippen LogP contribution in [0.3, 0.4) is 0 Å². The molecule has 0 N–H and O–H groups in total. The number of hydrogen-bond acceptors (Lipinski definition) is 5. The zero-order valence-corrected chi connectivity index (χ0v) is 32.5. The summed E-state index contributed by atoms with van der Waals surface area (Å²) in [4.78, 5) is 12.3. The third-order valence-electron chi connectivity index (χ3n) is 12.3. The third kappa shape index (κ3) is 4.84. The number of anilines is 6. The first-order valence-corrected chi connectivity index (χ1v) is 20.9. The normalized spacial score (nSPS) is 13.3. The first-order chi connectivity index (χ1) is 29.3. The molecule has 3 aliphatic heterocycles. The molecule has 0 saturated heterocycles. The van der Waals surface area contributed by atoms with E-state index in [1.165, 1.54) is 71.2 Å². The molecule has 0 fully saturated rings. The van der Waals surface area contributed by atoms with Crippen LogP contribution in [0.1, 0.15) is 0 Å². The van der Waals surface area contributed by atoms with E-state index in [4.69, 9.17) is 9.40 Å². The van der Waals surface area contributed by atoms with Gasteiger partial charge in [-0.1, -0.05) is 109 Å². The van der Waals surface area contributed by atoms with Crippen molar-refractivity contribution in [2.75, 3.05) is 9.80 Å². The fourth-order valence-electron chi connectivity index (χ4n) is 9.78. The minimum Gasteiger partial charge on any atom is -0.456 e. The van der Waals surface area contributed by atoms with Crippen LogP contribution in [-0.4, -0.2) is 11.7 Å². The lowest BCUT2D eigenvalue weighted by Gasteiger charge is -2.47. The molecule has 0 spiro atoms. The Labute approximate surface area is 346 Å². The SMILES string of the molecule is c1ccc(N2c3cccc4c3B3c5c(cccc5N4c4cccc(-c5ccccn5)c4)Sc4c(-c5cccc(-c6ccc7oc8ccccc8c7c6)c5)ccc2c43)cc1. The van der Waals surface area contributed by atoms with E-state index in [-0.39, 0.29) is 6.71 Å². The molecule has 0 bridgehead atoms. The highest BCUT2D eigenvalue weighted by Crippen LogP contribution is 2.50. The highest BCUT2D eigenvalue weighted by molar-refractivity contribution is 8.00. The number of aromatic nitrogens is 1. The van der Waals surface area contributed by atoms with E-state index in [1.807, 2.05) is 36.2 Å². The van der Waals surface area contributed by atoms with Crippen molar-refractivity contribution >= 4 is 90.9 Å². The number of hydrogen-bond donors (Lipinski definition) is 0. The van der Waals surface area contributed by atoms with E-state index in [0.717, 1.165) is 44.6 Å².